The van der Waals surface area contributed by atoms with Gasteiger partial charge in [-0.2, -0.15) is 5.10 Å². The standard InChI is InChI=1S/C18H23N3O3/c1-3-16-23-10-18(2,11-24-16)17(22)15(21-13-19-12-20-21)9-14-7-5-4-6-8-14/h4-8,12-13,15-16H,3,9-11H2,1-2H3. The van der Waals surface area contributed by atoms with Crippen molar-refractivity contribution < 1.29 is 14.3 Å². The summed E-state index contributed by atoms with van der Waals surface area (Å²) in [6.45, 7) is 4.63. The van der Waals surface area contributed by atoms with Gasteiger partial charge in [-0.15, -0.1) is 0 Å². The summed E-state index contributed by atoms with van der Waals surface area (Å²) >= 11 is 0. The van der Waals surface area contributed by atoms with Crippen molar-refractivity contribution in [3.05, 3.63) is 48.5 Å². The van der Waals surface area contributed by atoms with Gasteiger partial charge in [-0.3, -0.25) is 4.79 Å². The Morgan fingerprint density at radius 1 is 1.33 bits per heavy atom. The monoisotopic (exact) mass is 329 g/mol. The quantitative estimate of drug-likeness (QED) is 0.814. The number of carbonyl (C=O) groups excluding carboxylic acids is 1. The molecule has 0 amide bonds. The van der Waals surface area contributed by atoms with Crippen molar-refractivity contribution in [2.45, 2.75) is 39.0 Å². The van der Waals surface area contributed by atoms with Crippen LogP contribution in [0, 0.1) is 5.41 Å². The third-order valence-electron chi connectivity index (χ3n) is 4.43. The van der Waals surface area contributed by atoms with E-state index in [9.17, 15) is 4.79 Å². The maximum atomic E-state index is 13.3. The van der Waals surface area contributed by atoms with E-state index in [-0.39, 0.29) is 12.1 Å². The molecule has 128 valence electrons. The lowest BCUT2D eigenvalue weighted by Gasteiger charge is -2.37. The summed E-state index contributed by atoms with van der Waals surface area (Å²) in [6, 6.07) is 9.51. The second-order valence-electron chi connectivity index (χ2n) is 6.47. The smallest absolute Gasteiger partial charge is 0.168 e. The number of rotatable bonds is 6. The molecule has 0 bridgehead atoms. The Bertz CT molecular complexity index is 649. The highest BCUT2D eigenvalue weighted by Gasteiger charge is 2.43. The second kappa shape index (κ2) is 7.23. The van der Waals surface area contributed by atoms with E-state index in [0.29, 0.717) is 19.6 Å². The van der Waals surface area contributed by atoms with Crippen LogP contribution in [0.2, 0.25) is 0 Å². The van der Waals surface area contributed by atoms with E-state index in [1.807, 2.05) is 44.2 Å². The third kappa shape index (κ3) is 3.55. The lowest BCUT2D eigenvalue weighted by atomic mass is 9.81. The Labute approximate surface area is 141 Å². The number of ketones is 1. The minimum atomic E-state index is -0.683. The van der Waals surface area contributed by atoms with E-state index in [1.165, 1.54) is 6.33 Å². The van der Waals surface area contributed by atoms with Crippen molar-refractivity contribution in [3.8, 4) is 0 Å². The number of aromatic nitrogens is 3. The van der Waals surface area contributed by atoms with Gasteiger partial charge in [0, 0.05) is 6.42 Å². The Morgan fingerprint density at radius 2 is 2.04 bits per heavy atom. The number of hydrogen-bond acceptors (Lipinski definition) is 5. The Morgan fingerprint density at radius 3 is 2.62 bits per heavy atom. The highest BCUT2D eigenvalue weighted by molar-refractivity contribution is 5.88. The fraction of sp³-hybridized carbons (Fsp3) is 0.500. The molecule has 1 aliphatic rings. The van der Waals surface area contributed by atoms with Gasteiger partial charge in [0.1, 0.15) is 18.7 Å². The first kappa shape index (κ1) is 16.8. The van der Waals surface area contributed by atoms with Gasteiger partial charge in [-0.25, -0.2) is 9.67 Å². The van der Waals surface area contributed by atoms with E-state index in [1.54, 1.807) is 11.0 Å². The molecule has 1 saturated heterocycles. The molecule has 1 unspecified atom stereocenters. The van der Waals surface area contributed by atoms with E-state index in [4.69, 9.17) is 9.47 Å². The van der Waals surface area contributed by atoms with Crippen LogP contribution in [-0.2, 0) is 20.7 Å². The van der Waals surface area contributed by atoms with Gasteiger partial charge < -0.3 is 9.47 Å². The molecular weight excluding hydrogens is 306 g/mol. The zero-order valence-corrected chi connectivity index (χ0v) is 14.1. The molecule has 24 heavy (non-hydrogen) atoms. The van der Waals surface area contributed by atoms with E-state index in [2.05, 4.69) is 10.1 Å². The summed E-state index contributed by atoms with van der Waals surface area (Å²) in [5.41, 5.74) is 0.399. The lowest BCUT2D eigenvalue weighted by molar-refractivity contribution is -0.224. The lowest BCUT2D eigenvalue weighted by Crippen LogP contribution is -2.48. The van der Waals surface area contributed by atoms with E-state index in [0.717, 1.165) is 12.0 Å². The van der Waals surface area contributed by atoms with Gasteiger partial charge in [0.25, 0.3) is 0 Å². The summed E-state index contributed by atoms with van der Waals surface area (Å²) in [6.07, 6.45) is 4.17. The van der Waals surface area contributed by atoms with Crippen molar-refractivity contribution in [2.75, 3.05) is 13.2 Å². The summed E-state index contributed by atoms with van der Waals surface area (Å²) in [5.74, 6) is 0.0615. The van der Waals surface area contributed by atoms with Crippen molar-refractivity contribution in [1.29, 1.82) is 0 Å². The minimum Gasteiger partial charge on any atom is -0.352 e. The topological polar surface area (TPSA) is 66.2 Å². The summed E-state index contributed by atoms with van der Waals surface area (Å²) in [4.78, 5) is 17.3. The maximum absolute atomic E-state index is 13.3. The molecule has 0 radical (unpaired) electrons. The predicted octanol–water partition coefficient (Wildman–Crippen LogP) is 2.42. The number of Topliss-reactive ketones (excluding diaryl/α,β-unsaturated/α-hetero) is 1. The predicted molar refractivity (Wildman–Crippen MR) is 88.3 cm³/mol. The van der Waals surface area contributed by atoms with Gasteiger partial charge in [-0.1, -0.05) is 37.3 Å². The van der Waals surface area contributed by atoms with Gasteiger partial charge >= 0.3 is 0 Å². The average Bonchev–Trinajstić information content (AvgIpc) is 3.15. The first-order valence-electron chi connectivity index (χ1n) is 8.28. The molecule has 6 heteroatoms. The van der Waals surface area contributed by atoms with Crippen LogP contribution in [0.4, 0.5) is 0 Å². The molecule has 3 rings (SSSR count). The van der Waals surface area contributed by atoms with Gasteiger partial charge in [0.2, 0.25) is 0 Å². The molecule has 1 atom stereocenters. The van der Waals surface area contributed by atoms with Crippen LogP contribution in [-0.4, -0.2) is 40.1 Å². The molecular formula is C18H23N3O3. The van der Waals surface area contributed by atoms with Crippen LogP contribution in [0.5, 0.6) is 0 Å². The van der Waals surface area contributed by atoms with Crippen LogP contribution in [0.3, 0.4) is 0 Å². The maximum Gasteiger partial charge on any atom is 0.168 e. The summed E-state index contributed by atoms with van der Waals surface area (Å²) in [7, 11) is 0. The first-order chi connectivity index (χ1) is 11.6. The van der Waals surface area contributed by atoms with Crippen LogP contribution >= 0.6 is 0 Å². The van der Waals surface area contributed by atoms with Crippen molar-refractivity contribution in [2.24, 2.45) is 5.41 Å². The molecule has 1 fully saturated rings. The number of benzene rings is 1. The highest BCUT2D eigenvalue weighted by atomic mass is 16.7. The SMILES string of the molecule is CCC1OCC(C)(C(=O)C(Cc2ccccc2)n2cncn2)CO1. The molecule has 2 heterocycles. The minimum absolute atomic E-state index is 0.0615. The first-order valence-corrected chi connectivity index (χ1v) is 8.28. The van der Waals surface area contributed by atoms with Crippen molar-refractivity contribution in [1.82, 2.24) is 14.8 Å². The largest absolute Gasteiger partial charge is 0.352 e. The molecule has 0 saturated carbocycles. The molecule has 1 aliphatic heterocycles. The van der Waals surface area contributed by atoms with Crippen LogP contribution in [0.15, 0.2) is 43.0 Å². The van der Waals surface area contributed by atoms with Crippen LogP contribution in [0.1, 0.15) is 31.9 Å². The van der Waals surface area contributed by atoms with Gasteiger partial charge in [-0.05, 0) is 18.9 Å². The average molecular weight is 329 g/mol. The fourth-order valence-corrected chi connectivity index (χ4v) is 2.95. The molecule has 0 spiro atoms. The molecule has 0 N–H and O–H groups in total. The number of ether oxygens (including phenoxy) is 2. The van der Waals surface area contributed by atoms with Gasteiger partial charge in [0.05, 0.1) is 18.6 Å². The van der Waals surface area contributed by atoms with Crippen molar-refractivity contribution in [3.63, 3.8) is 0 Å². The number of hydrogen-bond donors (Lipinski definition) is 0. The van der Waals surface area contributed by atoms with Crippen LogP contribution < -0.4 is 0 Å². The van der Waals surface area contributed by atoms with E-state index >= 15 is 0 Å². The second-order valence-corrected chi connectivity index (χ2v) is 6.47. The number of nitrogens with zero attached hydrogens (tertiary/aromatic N) is 3. The highest BCUT2D eigenvalue weighted by Crippen LogP contribution is 2.32. The fourth-order valence-electron chi connectivity index (χ4n) is 2.95. The number of carbonyl (C=O) groups is 1. The molecule has 1 aromatic heterocycles. The zero-order valence-electron chi connectivity index (χ0n) is 14.1. The van der Waals surface area contributed by atoms with Crippen molar-refractivity contribution >= 4 is 5.78 Å². The van der Waals surface area contributed by atoms with Gasteiger partial charge in [0.15, 0.2) is 12.1 Å². The zero-order chi connectivity index (χ0) is 17.0. The molecule has 2 aromatic rings. The van der Waals surface area contributed by atoms with Crippen LogP contribution in [0.25, 0.3) is 0 Å². The van der Waals surface area contributed by atoms with E-state index < -0.39 is 11.5 Å². The summed E-state index contributed by atoms with van der Waals surface area (Å²) in [5, 5.41) is 4.19. The summed E-state index contributed by atoms with van der Waals surface area (Å²) < 4.78 is 13.0. The third-order valence-corrected chi connectivity index (χ3v) is 4.43. The molecule has 6 nitrogen and oxygen atoms in total. The Balaban J connectivity index is 1.81. The molecule has 1 aromatic carbocycles. The molecule has 0 aliphatic carbocycles. The normalized spacial score (nSPS) is 25.3. The Hall–Kier alpha value is -2.05. The Kier molecular flexibility index (Phi) is 5.06.